The van der Waals surface area contributed by atoms with Crippen molar-refractivity contribution in [3.05, 3.63) is 35.9 Å². The summed E-state index contributed by atoms with van der Waals surface area (Å²) in [5.41, 5.74) is 0.417. The van der Waals surface area contributed by atoms with E-state index < -0.39 is 11.7 Å². The van der Waals surface area contributed by atoms with Crippen LogP contribution in [0.15, 0.2) is 30.3 Å². The summed E-state index contributed by atoms with van der Waals surface area (Å²) in [7, 11) is 0. The van der Waals surface area contributed by atoms with Crippen LogP contribution >= 0.6 is 0 Å². The Morgan fingerprint density at radius 1 is 1.14 bits per heavy atom. The van der Waals surface area contributed by atoms with E-state index in [1.54, 1.807) is 4.90 Å². The molecule has 0 spiro atoms. The summed E-state index contributed by atoms with van der Waals surface area (Å²) < 4.78 is 10.9. The molecule has 2 atom stereocenters. The Labute approximate surface area is 173 Å². The van der Waals surface area contributed by atoms with Crippen molar-refractivity contribution in [2.24, 2.45) is 11.8 Å². The first-order valence-electron chi connectivity index (χ1n) is 10.8. The Morgan fingerprint density at radius 3 is 2.48 bits per heavy atom. The van der Waals surface area contributed by atoms with Gasteiger partial charge in [0, 0.05) is 13.1 Å². The van der Waals surface area contributed by atoms with Gasteiger partial charge >= 0.3 is 12.2 Å². The van der Waals surface area contributed by atoms with E-state index in [4.69, 9.17) is 9.47 Å². The lowest BCUT2D eigenvalue weighted by Gasteiger charge is -2.41. The van der Waals surface area contributed by atoms with Gasteiger partial charge in [0.25, 0.3) is 0 Å². The Bertz CT molecular complexity index is 682. The van der Waals surface area contributed by atoms with Crippen molar-refractivity contribution in [1.29, 1.82) is 0 Å². The number of carbonyl (C=O) groups is 2. The summed E-state index contributed by atoms with van der Waals surface area (Å²) in [6, 6.07) is 9.55. The van der Waals surface area contributed by atoms with Crippen LogP contribution in [0.5, 0.6) is 0 Å². The van der Waals surface area contributed by atoms with Crippen LogP contribution in [-0.4, -0.2) is 41.8 Å². The zero-order valence-corrected chi connectivity index (χ0v) is 17.9. The molecule has 1 aromatic rings. The van der Waals surface area contributed by atoms with Crippen molar-refractivity contribution in [3.63, 3.8) is 0 Å². The molecule has 1 saturated carbocycles. The number of amides is 2. The fourth-order valence-electron chi connectivity index (χ4n) is 4.04. The molecule has 0 bridgehead atoms. The largest absolute Gasteiger partial charge is 0.445 e. The fourth-order valence-corrected chi connectivity index (χ4v) is 4.04. The second-order valence-corrected chi connectivity index (χ2v) is 9.32. The average Bonchev–Trinajstić information content (AvgIpc) is 2.62. The van der Waals surface area contributed by atoms with Crippen molar-refractivity contribution in [2.45, 2.75) is 71.1 Å². The smallest absolute Gasteiger partial charge is 0.410 e. The normalized spacial score (nSPS) is 22.5. The average molecular weight is 403 g/mol. The summed E-state index contributed by atoms with van der Waals surface area (Å²) in [4.78, 5) is 26.7. The highest BCUT2D eigenvalue weighted by Gasteiger charge is 2.36. The predicted molar refractivity (Wildman–Crippen MR) is 111 cm³/mol. The number of rotatable bonds is 5. The van der Waals surface area contributed by atoms with Gasteiger partial charge in [-0.25, -0.2) is 9.59 Å². The Hall–Kier alpha value is -2.24. The van der Waals surface area contributed by atoms with Gasteiger partial charge in [-0.05, 0) is 51.0 Å². The number of alkyl carbamates (subject to hydrolysis) is 1. The molecule has 1 N–H and O–H groups in total. The minimum absolute atomic E-state index is 0.108. The van der Waals surface area contributed by atoms with Gasteiger partial charge in [0.15, 0.2) is 0 Å². The highest BCUT2D eigenvalue weighted by molar-refractivity contribution is 5.70. The van der Waals surface area contributed by atoms with E-state index in [-0.39, 0.29) is 18.7 Å². The van der Waals surface area contributed by atoms with E-state index in [9.17, 15) is 9.59 Å². The summed E-state index contributed by atoms with van der Waals surface area (Å²) in [5, 5.41) is 3.03. The SMILES string of the molecule is CC(C)(C)OC(=O)N[C@H]1CN(C(=O)OCc2ccccc2)CC[C@H]1CC1CCC1. The van der Waals surface area contributed by atoms with Crippen molar-refractivity contribution >= 4 is 12.2 Å². The van der Waals surface area contributed by atoms with E-state index in [1.807, 2.05) is 51.1 Å². The topological polar surface area (TPSA) is 67.9 Å². The number of carbonyl (C=O) groups excluding carboxylic acids is 2. The third kappa shape index (κ3) is 6.65. The molecule has 1 saturated heterocycles. The number of ether oxygens (including phenoxy) is 2. The molecule has 2 aliphatic rings. The van der Waals surface area contributed by atoms with Gasteiger partial charge in [-0.3, -0.25) is 0 Å². The molecule has 0 unspecified atom stereocenters. The first kappa shape index (κ1) is 21.5. The Kier molecular flexibility index (Phi) is 7.04. The molecule has 2 fully saturated rings. The Morgan fingerprint density at radius 2 is 1.86 bits per heavy atom. The van der Waals surface area contributed by atoms with Crippen LogP contribution in [0.2, 0.25) is 0 Å². The first-order valence-corrected chi connectivity index (χ1v) is 10.8. The molecule has 3 rings (SSSR count). The summed E-state index contributed by atoms with van der Waals surface area (Å²) in [6.45, 7) is 6.94. The molecule has 2 amide bonds. The maximum absolute atomic E-state index is 12.6. The summed E-state index contributed by atoms with van der Waals surface area (Å²) >= 11 is 0. The zero-order chi connectivity index (χ0) is 20.9. The molecule has 1 aliphatic carbocycles. The second-order valence-electron chi connectivity index (χ2n) is 9.32. The summed E-state index contributed by atoms with van der Waals surface area (Å²) in [5.74, 6) is 1.12. The minimum atomic E-state index is -0.545. The van der Waals surface area contributed by atoms with E-state index >= 15 is 0 Å². The van der Waals surface area contributed by atoms with E-state index in [0.29, 0.717) is 19.0 Å². The monoisotopic (exact) mass is 402 g/mol. The minimum Gasteiger partial charge on any atom is -0.445 e. The van der Waals surface area contributed by atoms with Gasteiger partial charge < -0.3 is 19.7 Å². The number of nitrogens with zero attached hydrogens (tertiary/aromatic N) is 1. The molecule has 1 heterocycles. The third-order valence-electron chi connectivity index (χ3n) is 5.78. The summed E-state index contributed by atoms with van der Waals surface area (Å²) in [6.07, 6.45) is 5.09. The molecule has 1 aromatic carbocycles. The van der Waals surface area contributed by atoms with Crippen LogP contribution in [-0.2, 0) is 16.1 Å². The van der Waals surface area contributed by atoms with Crippen molar-refractivity contribution in [2.75, 3.05) is 13.1 Å². The maximum Gasteiger partial charge on any atom is 0.410 e. The number of benzene rings is 1. The van der Waals surface area contributed by atoms with Gasteiger partial charge in [-0.2, -0.15) is 0 Å². The number of nitrogens with one attached hydrogen (secondary N) is 1. The zero-order valence-electron chi connectivity index (χ0n) is 17.9. The highest BCUT2D eigenvalue weighted by Crippen LogP contribution is 2.36. The second kappa shape index (κ2) is 9.51. The molecule has 0 radical (unpaired) electrons. The number of likely N-dealkylation sites (tertiary alicyclic amines) is 1. The van der Waals surface area contributed by atoms with E-state index in [0.717, 1.165) is 24.3 Å². The van der Waals surface area contributed by atoms with Crippen LogP contribution in [0.4, 0.5) is 9.59 Å². The van der Waals surface area contributed by atoms with Crippen LogP contribution in [0.25, 0.3) is 0 Å². The quantitative estimate of drug-likeness (QED) is 0.773. The molecular formula is C23H34N2O4. The van der Waals surface area contributed by atoms with Gasteiger partial charge in [-0.15, -0.1) is 0 Å². The van der Waals surface area contributed by atoms with Gasteiger partial charge in [-0.1, -0.05) is 49.6 Å². The third-order valence-corrected chi connectivity index (χ3v) is 5.78. The molecule has 29 heavy (non-hydrogen) atoms. The number of piperidine rings is 1. The lowest BCUT2D eigenvalue weighted by molar-refractivity contribution is 0.0360. The maximum atomic E-state index is 12.6. The number of hydrogen-bond acceptors (Lipinski definition) is 4. The fraction of sp³-hybridized carbons (Fsp3) is 0.652. The Balaban J connectivity index is 1.57. The van der Waals surface area contributed by atoms with Crippen molar-refractivity contribution < 1.29 is 19.1 Å². The predicted octanol–water partition coefficient (Wildman–Crippen LogP) is 4.73. The van der Waals surface area contributed by atoms with Gasteiger partial charge in [0.1, 0.15) is 12.2 Å². The molecule has 1 aliphatic heterocycles. The lowest BCUT2D eigenvalue weighted by atomic mass is 9.75. The van der Waals surface area contributed by atoms with Gasteiger partial charge in [0.05, 0.1) is 6.04 Å². The number of hydrogen-bond donors (Lipinski definition) is 1. The molecule has 0 aromatic heterocycles. The molecule has 160 valence electrons. The van der Waals surface area contributed by atoms with Crippen LogP contribution in [0, 0.1) is 11.8 Å². The highest BCUT2D eigenvalue weighted by atomic mass is 16.6. The first-order chi connectivity index (χ1) is 13.8. The lowest BCUT2D eigenvalue weighted by Crippen LogP contribution is -2.55. The van der Waals surface area contributed by atoms with E-state index in [1.165, 1.54) is 19.3 Å². The van der Waals surface area contributed by atoms with Crippen molar-refractivity contribution in [1.82, 2.24) is 10.2 Å². The van der Waals surface area contributed by atoms with Crippen LogP contribution in [0.1, 0.15) is 58.4 Å². The molecule has 6 heteroatoms. The van der Waals surface area contributed by atoms with Crippen LogP contribution < -0.4 is 5.32 Å². The van der Waals surface area contributed by atoms with Gasteiger partial charge in [0.2, 0.25) is 0 Å². The molecular weight excluding hydrogens is 368 g/mol. The standard InChI is InChI=1S/C23H34N2O4/c1-23(2,3)29-21(26)24-20-15-25(13-12-19(20)14-17-10-7-11-17)22(27)28-16-18-8-5-4-6-9-18/h4-6,8-9,17,19-20H,7,10-16H2,1-3H3,(H,24,26)/t19-,20-/m0/s1. The van der Waals surface area contributed by atoms with E-state index in [2.05, 4.69) is 5.32 Å². The van der Waals surface area contributed by atoms with Crippen molar-refractivity contribution in [3.8, 4) is 0 Å². The van der Waals surface area contributed by atoms with Crippen LogP contribution in [0.3, 0.4) is 0 Å². The molecule has 6 nitrogen and oxygen atoms in total.